The molecule has 0 fully saturated rings. The van der Waals surface area contributed by atoms with Crippen LogP contribution in [0.1, 0.15) is 48.9 Å². The van der Waals surface area contributed by atoms with Crippen molar-refractivity contribution in [2.24, 2.45) is 0 Å². The van der Waals surface area contributed by atoms with Crippen LogP contribution in [0.2, 0.25) is 0 Å². The van der Waals surface area contributed by atoms with Gasteiger partial charge in [0.25, 0.3) is 0 Å². The topological polar surface area (TPSA) is 42.7 Å². The molecule has 0 saturated heterocycles. The van der Waals surface area contributed by atoms with Gasteiger partial charge in [0.15, 0.2) is 6.20 Å². The lowest BCUT2D eigenvalue weighted by Crippen LogP contribution is -2.34. The van der Waals surface area contributed by atoms with Gasteiger partial charge in [-0.3, -0.25) is 4.57 Å². The van der Waals surface area contributed by atoms with Crippen molar-refractivity contribution in [2.45, 2.75) is 46.2 Å². The van der Waals surface area contributed by atoms with E-state index in [0.717, 1.165) is 38.0 Å². The van der Waals surface area contributed by atoms with E-state index in [1.54, 1.807) is 0 Å². The van der Waals surface area contributed by atoms with Crippen molar-refractivity contribution < 1.29 is 18.2 Å². The van der Waals surface area contributed by atoms with Crippen molar-refractivity contribution in [3.05, 3.63) is 107 Å². The van der Waals surface area contributed by atoms with Gasteiger partial charge in [0.2, 0.25) is 5.52 Å². The van der Waals surface area contributed by atoms with Crippen LogP contribution in [0.4, 0.5) is 5.69 Å². The van der Waals surface area contributed by atoms with Crippen LogP contribution in [0.5, 0.6) is 0 Å². The van der Waals surface area contributed by atoms with Crippen LogP contribution < -0.4 is 9.47 Å². The number of hydrogen-bond acceptors (Lipinski definition) is 4. The highest BCUT2D eigenvalue weighted by Crippen LogP contribution is 2.48. The van der Waals surface area contributed by atoms with E-state index in [1.165, 1.54) is 39.7 Å². The molecule has 5 rings (SSSR count). The summed E-state index contributed by atoms with van der Waals surface area (Å²) in [5.41, 5.74) is 7.78. The molecule has 1 aliphatic heterocycles. The van der Waals surface area contributed by atoms with Gasteiger partial charge in [0.1, 0.15) is 6.54 Å². The van der Waals surface area contributed by atoms with Crippen molar-refractivity contribution in [3.63, 3.8) is 0 Å². The van der Waals surface area contributed by atoms with Gasteiger partial charge >= 0.3 is 7.60 Å². The molecule has 3 aromatic carbocycles. The van der Waals surface area contributed by atoms with Crippen LogP contribution in [0.3, 0.4) is 0 Å². The summed E-state index contributed by atoms with van der Waals surface area (Å²) in [6.07, 6.45) is 10.1. The van der Waals surface area contributed by atoms with Gasteiger partial charge in [-0.05, 0) is 61.1 Å². The van der Waals surface area contributed by atoms with E-state index in [1.807, 2.05) is 13.8 Å². The molecule has 40 heavy (non-hydrogen) atoms. The predicted molar refractivity (Wildman–Crippen MR) is 166 cm³/mol. The summed E-state index contributed by atoms with van der Waals surface area (Å²) in [4.78, 5) is 2.52. The van der Waals surface area contributed by atoms with Crippen LogP contribution in [0.15, 0.2) is 85.1 Å². The second kappa shape index (κ2) is 13.4. The normalized spacial score (nSPS) is 13.7. The number of para-hydroxylation sites is 1. The molecule has 0 saturated carbocycles. The first-order valence-corrected chi connectivity index (χ1v) is 16.2. The molecular weight excluding hydrogens is 515 g/mol. The minimum atomic E-state index is -3.03. The molecule has 1 aromatic heterocycles. The monoisotopic (exact) mass is 555 g/mol. The highest BCUT2D eigenvalue weighted by Gasteiger charge is 2.24. The third kappa shape index (κ3) is 6.72. The summed E-state index contributed by atoms with van der Waals surface area (Å²) < 4.78 is 26.1. The van der Waals surface area contributed by atoms with Crippen LogP contribution >= 0.6 is 7.60 Å². The molecule has 208 valence electrons. The lowest BCUT2D eigenvalue weighted by molar-refractivity contribution is -0.671. The molecular formula is C34H40N2O3P+. The molecule has 0 amide bonds. The smallest absolute Gasteiger partial charge is 0.330 e. The second-order valence-corrected chi connectivity index (χ2v) is 12.4. The van der Waals surface area contributed by atoms with Crippen LogP contribution in [0, 0.1) is 0 Å². The molecule has 1 aliphatic rings. The molecule has 0 aliphatic carbocycles. The van der Waals surface area contributed by atoms with Gasteiger partial charge in [-0.1, -0.05) is 66.7 Å². The molecule has 0 bridgehead atoms. The molecule has 6 heteroatoms. The van der Waals surface area contributed by atoms with E-state index in [4.69, 9.17) is 9.05 Å². The Morgan fingerprint density at radius 2 is 1.62 bits per heavy atom. The maximum Gasteiger partial charge on any atom is 0.330 e. The van der Waals surface area contributed by atoms with Gasteiger partial charge in [0, 0.05) is 37.3 Å². The Morgan fingerprint density at radius 1 is 0.875 bits per heavy atom. The van der Waals surface area contributed by atoms with Crippen LogP contribution in [0.25, 0.3) is 23.1 Å². The third-order valence-electron chi connectivity index (χ3n) is 7.48. The largest absolute Gasteiger partial charge is 0.367 e. The number of fused-ring (bicyclic) bond motifs is 2. The van der Waals surface area contributed by atoms with Crippen molar-refractivity contribution in [3.8, 4) is 0 Å². The summed E-state index contributed by atoms with van der Waals surface area (Å²) in [6.45, 7) is 7.27. The summed E-state index contributed by atoms with van der Waals surface area (Å²) in [5.74, 6) is 0. The van der Waals surface area contributed by atoms with Gasteiger partial charge in [0.05, 0.1) is 24.8 Å². The molecule has 0 atom stereocenters. The quantitative estimate of drug-likeness (QED) is 0.132. The Bertz CT molecular complexity index is 1490. The molecule has 0 radical (unpaired) electrons. The first-order valence-electron chi connectivity index (χ1n) is 14.5. The lowest BCUT2D eigenvalue weighted by Gasteiger charge is -2.32. The SMILES string of the molecule is CCOP(=O)(CCC[n+]1ccc(/C=C/c2cccc3c2CCCN3Cc2ccccc2)c2ccccc21)OCC. The van der Waals surface area contributed by atoms with Gasteiger partial charge in [-0.15, -0.1) is 0 Å². The van der Waals surface area contributed by atoms with E-state index in [2.05, 4.69) is 107 Å². The first kappa shape index (κ1) is 28.3. The number of aromatic nitrogens is 1. The van der Waals surface area contributed by atoms with Crippen molar-refractivity contribution in [2.75, 3.05) is 30.8 Å². The number of anilines is 1. The fraction of sp³-hybridized carbons (Fsp3) is 0.324. The average Bonchev–Trinajstić information content (AvgIpc) is 2.97. The zero-order chi connectivity index (χ0) is 27.8. The Morgan fingerprint density at radius 3 is 2.42 bits per heavy atom. The summed E-state index contributed by atoms with van der Waals surface area (Å²) in [6, 6.07) is 28.1. The van der Waals surface area contributed by atoms with E-state index in [0.29, 0.717) is 19.4 Å². The Hall–Kier alpha value is -3.24. The van der Waals surface area contributed by atoms with Crippen LogP contribution in [-0.4, -0.2) is 25.9 Å². The van der Waals surface area contributed by atoms with Gasteiger partial charge in [-0.2, -0.15) is 4.57 Å². The first-order chi connectivity index (χ1) is 19.6. The second-order valence-electron chi connectivity index (χ2n) is 10.2. The molecule has 0 unspecified atom stereocenters. The molecule has 5 nitrogen and oxygen atoms in total. The summed E-state index contributed by atoms with van der Waals surface area (Å²) in [5, 5.41) is 1.20. The fourth-order valence-electron chi connectivity index (χ4n) is 5.67. The maximum absolute atomic E-state index is 12.9. The Balaban J connectivity index is 1.36. The molecule has 0 N–H and O–H groups in total. The molecule has 4 aromatic rings. The van der Waals surface area contributed by atoms with E-state index in [9.17, 15) is 4.57 Å². The molecule has 0 spiro atoms. The van der Waals surface area contributed by atoms with Crippen molar-refractivity contribution in [1.82, 2.24) is 0 Å². The standard InChI is InChI=1S/C34H40N2O3P/c1-3-38-40(37,39-4-2)26-12-24-35-25-22-30(31-16-8-9-18-33(31)35)21-20-29-15-10-19-34-32(29)17-11-23-36(34)27-28-13-6-5-7-14-28/h5-10,13-16,18-22,25H,3-4,11-12,17,23-24,26-27H2,1-2H3/q+1/b21-20+. The number of pyridine rings is 1. The zero-order valence-corrected chi connectivity index (χ0v) is 24.6. The number of benzene rings is 3. The minimum absolute atomic E-state index is 0.393. The summed E-state index contributed by atoms with van der Waals surface area (Å²) >= 11 is 0. The Kier molecular flexibility index (Phi) is 9.49. The highest BCUT2D eigenvalue weighted by atomic mass is 31.2. The van der Waals surface area contributed by atoms with E-state index >= 15 is 0 Å². The highest BCUT2D eigenvalue weighted by molar-refractivity contribution is 7.53. The predicted octanol–water partition coefficient (Wildman–Crippen LogP) is 7.91. The van der Waals surface area contributed by atoms with Gasteiger partial charge in [-0.25, -0.2) is 0 Å². The number of nitrogens with zero attached hydrogens (tertiary/aromatic N) is 2. The maximum atomic E-state index is 12.9. The third-order valence-corrected chi connectivity index (χ3v) is 9.65. The lowest BCUT2D eigenvalue weighted by atomic mass is 9.95. The fourth-order valence-corrected chi connectivity index (χ4v) is 7.32. The van der Waals surface area contributed by atoms with Crippen LogP contribution in [-0.2, 0) is 33.1 Å². The summed E-state index contributed by atoms with van der Waals surface area (Å²) in [7, 11) is -3.03. The molecule has 2 heterocycles. The van der Waals surface area contributed by atoms with Crippen molar-refractivity contribution in [1.29, 1.82) is 0 Å². The number of hydrogen-bond donors (Lipinski definition) is 0. The van der Waals surface area contributed by atoms with E-state index < -0.39 is 7.60 Å². The zero-order valence-electron chi connectivity index (χ0n) is 23.7. The Labute approximate surface area is 238 Å². The average molecular weight is 556 g/mol. The minimum Gasteiger partial charge on any atom is -0.367 e. The van der Waals surface area contributed by atoms with E-state index in [-0.39, 0.29) is 0 Å². The van der Waals surface area contributed by atoms with Crippen molar-refractivity contribution >= 4 is 36.3 Å². The van der Waals surface area contributed by atoms with Gasteiger partial charge < -0.3 is 13.9 Å². The number of aryl methyl sites for hydroxylation is 1. The number of rotatable bonds is 12.